The number of benzene rings is 1. The normalized spacial score (nSPS) is 22.8. The minimum Gasteiger partial charge on any atom is -0.342 e. The summed E-state index contributed by atoms with van der Waals surface area (Å²) in [5, 5.41) is 0.580. The number of hydrogen-bond donors (Lipinski definition) is 0. The smallest absolute Gasteiger partial charge is 0.225 e. The van der Waals surface area contributed by atoms with Gasteiger partial charge in [-0.1, -0.05) is 23.7 Å². The molecule has 7 heteroatoms. The van der Waals surface area contributed by atoms with Crippen LogP contribution in [-0.2, 0) is 7.05 Å². The molecule has 0 amide bonds. The maximum absolute atomic E-state index is 5.89. The molecule has 3 aromatic rings. The summed E-state index contributed by atoms with van der Waals surface area (Å²) in [4.78, 5) is 18.3. The Kier molecular flexibility index (Phi) is 3.35. The first kappa shape index (κ1) is 15.0. The van der Waals surface area contributed by atoms with Crippen molar-refractivity contribution in [3.05, 3.63) is 41.7 Å². The summed E-state index contributed by atoms with van der Waals surface area (Å²) in [5.74, 6) is 3.11. The first-order valence-electron chi connectivity index (χ1n) is 8.58. The average Bonchev–Trinajstić information content (AvgIpc) is 3.27. The lowest BCUT2D eigenvalue weighted by molar-refractivity contribution is 0.533. The van der Waals surface area contributed by atoms with Crippen LogP contribution in [0.1, 0.15) is 0 Å². The molecule has 0 aliphatic carbocycles. The summed E-state index contributed by atoms with van der Waals surface area (Å²) in [6.45, 7) is 4.05. The molecule has 2 atom stereocenters. The van der Waals surface area contributed by atoms with E-state index in [2.05, 4.69) is 49.6 Å². The lowest BCUT2D eigenvalue weighted by Crippen LogP contribution is -2.30. The number of aromatic nitrogens is 4. The van der Waals surface area contributed by atoms with Crippen LogP contribution in [0, 0.1) is 11.8 Å². The summed E-state index contributed by atoms with van der Waals surface area (Å²) in [7, 11) is 2.10. The molecule has 2 fully saturated rings. The third-order valence-electron chi connectivity index (χ3n) is 5.42. The number of fused-ring (bicyclic) bond motifs is 2. The van der Waals surface area contributed by atoms with Crippen LogP contribution < -0.4 is 9.80 Å². The lowest BCUT2D eigenvalue weighted by atomic mass is 10.0. The SMILES string of the molecule is Cn1c(N2CC3CN(c4ncc(Cl)cn4)CC3C2)nc2ccccc21. The van der Waals surface area contributed by atoms with E-state index in [0.29, 0.717) is 16.9 Å². The first-order valence-corrected chi connectivity index (χ1v) is 8.96. The molecule has 5 rings (SSSR count). The second-order valence-corrected chi connectivity index (χ2v) is 7.43. The summed E-state index contributed by atoms with van der Waals surface area (Å²) < 4.78 is 2.20. The molecule has 0 radical (unpaired) electrons. The largest absolute Gasteiger partial charge is 0.342 e. The highest BCUT2D eigenvalue weighted by molar-refractivity contribution is 6.30. The molecule has 0 N–H and O–H groups in total. The number of hydrogen-bond acceptors (Lipinski definition) is 5. The van der Waals surface area contributed by atoms with Crippen molar-refractivity contribution in [1.29, 1.82) is 0 Å². The van der Waals surface area contributed by atoms with Crippen molar-refractivity contribution in [3.63, 3.8) is 0 Å². The van der Waals surface area contributed by atoms with Crippen LogP contribution in [0.25, 0.3) is 11.0 Å². The standard InChI is InChI=1S/C18H19ClN6/c1-23-16-5-3-2-4-15(16)22-18(23)25-10-12-8-24(9-13(12)11-25)17-20-6-14(19)7-21-17/h2-7,12-13H,8-11H2,1H3. The molecular weight excluding hydrogens is 336 g/mol. The first-order chi connectivity index (χ1) is 12.2. The van der Waals surface area contributed by atoms with Crippen LogP contribution in [0.5, 0.6) is 0 Å². The molecule has 2 aromatic heterocycles. The third-order valence-corrected chi connectivity index (χ3v) is 5.62. The fourth-order valence-electron chi connectivity index (χ4n) is 4.20. The van der Waals surface area contributed by atoms with Gasteiger partial charge in [-0.2, -0.15) is 0 Å². The van der Waals surface area contributed by atoms with E-state index in [4.69, 9.17) is 16.6 Å². The molecule has 2 aliphatic rings. The monoisotopic (exact) mass is 354 g/mol. The minimum absolute atomic E-state index is 0.580. The Morgan fingerprint density at radius 3 is 2.28 bits per heavy atom. The summed E-state index contributed by atoms with van der Waals surface area (Å²) >= 11 is 5.89. The van der Waals surface area contributed by atoms with Crippen LogP contribution in [0.3, 0.4) is 0 Å². The van der Waals surface area contributed by atoms with Crippen LogP contribution in [0.4, 0.5) is 11.9 Å². The Morgan fingerprint density at radius 1 is 0.960 bits per heavy atom. The van der Waals surface area contributed by atoms with Gasteiger partial charge in [-0.25, -0.2) is 15.0 Å². The van der Waals surface area contributed by atoms with Gasteiger partial charge in [0.05, 0.1) is 28.4 Å². The minimum atomic E-state index is 0.580. The highest BCUT2D eigenvalue weighted by Crippen LogP contribution is 2.35. The maximum atomic E-state index is 5.89. The zero-order valence-electron chi connectivity index (χ0n) is 14.0. The van der Waals surface area contributed by atoms with Crippen LogP contribution in [-0.4, -0.2) is 45.7 Å². The fourth-order valence-corrected chi connectivity index (χ4v) is 4.30. The van der Waals surface area contributed by atoms with E-state index in [0.717, 1.165) is 43.6 Å². The second kappa shape index (κ2) is 5.59. The van der Waals surface area contributed by atoms with E-state index in [1.54, 1.807) is 12.4 Å². The molecule has 2 saturated heterocycles. The second-order valence-electron chi connectivity index (χ2n) is 6.99. The molecule has 128 valence electrons. The third kappa shape index (κ3) is 2.43. The van der Waals surface area contributed by atoms with Gasteiger partial charge in [-0.3, -0.25) is 0 Å². The highest BCUT2D eigenvalue weighted by Gasteiger charge is 2.41. The van der Waals surface area contributed by atoms with Gasteiger partial charge in [-0.15, -0.1) is 0 Å². The molecule has 0 spiro atoms. The van der Waals surface area contributed by atoms with Crippen molar-refractivity contribution in [2.75, 3.05) is 36.0 Å². The van der Waals surface area contributed by atoms with Crippen molar-refractivity contribution in [2.24, 2.45) is 18.9 Å². The molecule has 2 aliphatic heterocycles. The Labute approximate surface area is 151 Å². The van der Waals surface area contributed by atoms with E-state index in [1.165, 1.54) is 5.52 Å². The number of aryl methyl sites for hydroxylation is 1. The van der Waals surface area contributed by atoms with E-state index in [-0.39, 0.29) is 0 Å². The Hall–Kier alpha value is -2.34. The number of halogens is 1. The Balaban J connectivity index is 1.35. The number of para-hydroxylation sites is 2. The molecule has 1 aromatic carbocycles. The van der Waals surface area contributed by atoms with Gasteiger partial charge < -0.3 is 14.4 Å². The molecule has 2 unspecified atom stereocenters. The molecule has 0 bridgehead atoms. The van der Waals surface area contributed by atoms with Gasteiger partial charge in [0.15, 0.2) is 0 Å². The van der Waals surface area contributed by atoms with Crippen LogP contribution >= 0.6 is 11.6 Å². The number of imidazole rings is 1. The summed E-state index contributed by atoms with van der Waals surface area (Å²) in [5.41, 5.74) is 2.25. The van der Waals surface area contributed by atoms with Crippen molar-refractivity contribution < 1.29 is 0 Å². The summed E-state index contributed by atoms with van der Waals surface area (Å²) in [6, 6.07) is 8.32. The van der Waals surface area contributed by atoms with E-state index < -0.39 is 0 Å². The highest BCUT2D eigenvalue weighted by atomic mass is 35.5. The zero-order valence-corrected chi connectivity index (χ0v) is 14.8. The van der Waals surface area contributed by atoms with Crippen LogP contribution in [0.2, 0.25) is 5.02 Å². The fraction of sp³-hybridized carbons (Fsp3) is 0.389. The molecule has 6 nitrogen and oxygen atoms in total. The topological polar surface area (TPSA) is 50.1 Å². The zero-order chi connectivity index (χ0) is 17.0. The van der Waals surface area contributed by atoms with E-state index in [9.17, 15) is 0 Å². The Morgan fingerprint density at radius 2 is 1.60 bits per heavy atom. The van der Waals surface area contributed by atoms with Crippen molar-refractivity contribution >= 4 is 34.5 Å². The quantitative estimate of drug-likeness (QED) is 0.708. The van der Waals surface area contributed by atoms with Crippen molar-refractivity contribution in [3.8, 4) is 0 Å². The van der Waals surface area contributed by atoms with Gasteiger partial charge in [0.1, 0.15) is 0 Å². The van der Waals surface area contributed by atoms with Gasteiger partial charge in [-0.05, 0) is 12.1 Å². The van der Waals surface area contributed by atoms with Crippen molar-refractivity contribution in [1.82, 2.24) is 19.5 Å². The number of rotatable bonds is 2. The van der Waals surface area contributed by atoms with Gasteiger partial charge >= 0.3 is 0 Å². The van der Waals surface area contributed by atoms with Crippen molar-refractivity contribution in [2.45, 2.75) is 0 Å². The van der Waals surface area contributed by atoms with Crippen LogP contribution in [0.15, 0.2) is 36.7 Å². The van der Waals surface area contributed by atoms with Gasteiger partial charge in [0, 0.05) is 45.1 Å². The molecule has 0 saturated carbocycles. The maximum Gasteiger partial charge on any atom is 0.225 e. The van der Waals surface area contributed by atoms with Gasteiger partial charge in [0.25, 0.3) is 0 Å². The molecular formula is C18H19ClN6. The van der Waals surface area contributed by atoms with Gasteiger partial charge in [0.2, 0.25) is 11.9 Å². The van der Waals surface area contributed by atoms with E-state index in [1.807, 2.05) is 6.07 Å². The summed E-state index contributed by atoms with van der Waals surface area (Å²) in [6.07, 6.45) is 3.34. The molecule has 4 heterocycles. The number of nitrogens with zero attached hydrogens (tertiary/aromatic N) is 6. The Bertz CT molecular complexity index is 907. The predicted molar refractivity (Wildman–Crippen MR) is 99.2 cm³/mol. The van der Waals surface area contributed by atoms with E-state index >= 15 is 0 Å². The molecule has 25 heavy (non-hydrogen) atoms. The number of anilines is 2. The lowest BCUT2D eigenvalue weighted by Gasteiger charge is -2.22. The average molecular weight is 355 g/mol. The predicted octanol–water partition coefficient (Wildman–Crippen LogP) is 2.59.